The standard InChI is InChI=1S/C11H11ClF3NO3/c1-10(19,9(17)18)4-5-2-6(11(13,14)15)8(16)7(12)3-5/h2-3,19H,4,16H2,1H3,(H,17,18)/t10-/m1/s1. The average molecular weight is 298 g/mol. The van der Waals surface area contributed by atoms with E-state index in [0.717, 1.165) is 13.0 Å². The summed E-state index contributed by atoms with van der Waals surface area (Å²) in [5, 5.41) is 17.9. The van der Waals surface area contributed by atoms with Crippen LogP contribution in [0.25, 0.3) is 0 Å². The highest BCUT2D eigenvalue weighted by Gasteiger charge is 2.36. The van der Waals surface area contributed by atoms with Gasteiger partial charge in [0.25, 0.3) is 0 Å². The number of halogens is 4. The van der Waals surface area contributed by atoms with Crippen molar-refractivity contribution >= 4 is 23.3 Å². The molecule has 0 aromatic heterocycles. The lowest BCUT2D eigenvalue weighted by atomic mass is 9.95. The van der Waals surface area contributed by atoms with Crippen LogP contribution in [0.4, 0.5) is 18.9 Å². The second kappa shape index (κ2) is 4.90. The van der Waals surface area contributed by atoms with Crippen molar-refractivity contribution in [1.82, 2.24) is 0 Å². The number of nitrogens with two attached hydrogens (primary N) is 1. The second-order valence-electron chi connectivity index (χ2n) is 4.29. The van der Waals surface area contributed by atoms with E-state index in [1.165, 1.54) is 0 Å². The Morgan fingerprint density at radius 2 is 1.95 bits per heavy atom. The molecule has 4 N–H and O–H groups in total. The number of rotatable bonds is 3. The predicted molar refractivity (Wildman–Crippen MR) is 62.8 cm³/mol. The molecule has 19 heavy (non-hydrogen) atoms. The molecular formula is C11H11ClF3NO3. The highest BCUT2D eigenvalue weighted by Crippen LogP contribution is 2.38. The van der Waals surface area contributed by atoms with Gasteiger partial charge in [-0.3, -0.25) is 0 Å². The molecule has 0 aliphatic rings. The molecule has 8 heteroatoms. The van der Waals surface area contributed by atoms with Gasteiger partial charge in [-0.2, -0.15) is 13.2 Å². The van der Waals surface area contributed by atoms with Gasteiger partial charge in [-0.15, -0.1) is 0 Å². The topological polar surface area (TPSA) is 83.5 Å². The lowest BCUT2D eigenvalue weighted by molar-refractivity contribution is -0.156. The molecule has 106 valence electrons. The summed E-state index contributed by atoms with van der Waals surface area (Å²) in [7, 11) is 0. The molecule has 0 heterocycles. The summed E-state index contributed by atoms with van der Waals surface area (Å²) in [6.45, 7) is 0.979. The van der Waals surface area contributed by atoms with Crippen molar-refractivity contribution in [2.45, 2.75) is 25.1 Å². The van der Waals surface area contributed by atoms with Gasteiger partial charge in [0.15, 0.2) is 5.60 Å². The van der Waals surface area contributed by atoms with E-state index in [4.69, 9.17) is 22.4 Å². The van der Waals surface area contributed by atoms with E-state index in [2.05, 4.69) is 0 Å². The minimum absolute atomic E-state index is 0.0704. The van der Waals surface area contributed by atoms with Gasteiger partial charge in [-0.25, -0.2) is 4.79 Å². The van der Waals surface area contributed by atoms with Crippen LogP contribution >= 0.6 is 11.6 Å². The number of aliphatic carboxylic acids is 1. The van der Waals surface area contributed by atoms with Crippen molar-refractivity contribution in [1.29, 1.82) is 0 Å². The summed E-state index contributed by atoms with van der Waals surface area (Å²) in [4.78, 5) is 10.7. The summed E-state index contributed by atoms with van der Waals surface area (Å²) in [5.74, 6) is -1.55. The zero-order chi connectivity index (χ0) is 15.0. The minimum atomic E-state index is -4.71. The first-order valence-electron chi connectivity index (χ1n) is 5.06. The number of alkyl halides is 3. The van der Waals surface area contributed by atoms with E-state index in [0.29, 0.717) is 6.07 Å². The number of benzene rings is 1. The quantitative estimate of drug-likeness (QED) is 0.748. The van der Waals surface area contributed by atoms with E-state index in [-0.39, 0.29) is 10.6 Å². The third-order valence-corrected chi connectivity index (χ3v) is 2.82. The Morgan fingerprint density at radius 1 is 1.42 bits per heavy atom. The van der Waals surface area contributed by atoms with Crippen molar-refractivity contribution in [2.75, 3.05) is 5.73 Å². The first-order chi connectivity index (χ1) is 8.45. The van der Waals surface area contributed by atoms with E-state index in [1.807, 2.05) is 0 Å². The molecule has 0 radical (unpaired) electrons. The summed E-state index contributed by atoms with van der Waals surface area (Å²) < 4.78 is 38.0. The fourth-order valence-corrected chi connectivity index (χ4v) is 1.73. The third kappa shape index (κ3) is 3.51. The Hall–Kier alpha value is -1.47. The molecule has 0 fully saturated rings. The van der Waals surface area contributed by atoms with E-state index < -0.39 is 35.4 Å². The van der Waals surface area contributed by atoms with Gasteiger partial charge in [0, 0.05) is 6.42 Å². The van der Waals surface area contributed by atoms with Crippen molar-refractivity contribution in [3.05, 3.63) is 28.3 Å². The van der Waals surface area contributed by atoms with Crippen LogP contribution in [0.1, 0.15) is 18.1 Å². The zero-order valence-corrected chi connectivity index (χ0v) is 10.5. The van der Waals surface area contributed by atoms with Crippen LogP contribution in [-0.2, 0) is 17.4 Å². The second-order valence-corrected chi connectivity index (χ2v) is 4.70. The van der Waals surface area contributed by atoms with Crippen LogP contribution in [0.2, 0.25) is 5.02 Å². The number of carboxylic acids is 1. The molecule has 0 saturated carbocycles. The highest BCUT2D eigenvalue weighted by atomic mass is 35.5. The van der Waals surface area contributed by atoms with Crippen LogP contribution in [0.3, 0.4) is 0 Å². The fraction of sp³-hybridized carbons (Fsp3) is 0.364. The number of nitrogen functional groups attached to an aromatic ring is 1. The molecule has 0 saturated heterocycles. The van der Waals surface area contributed by atoms with Gasteiger partial charge in [-0.05, 0) is 24.6 Å². The maximum absolute atomic E-state index is 12.7. The average Bonchev–Trinajstić information content (AvgIpc) is 2.20. The Bertz CT molecular complexity index is 515. The van der Waals surface area contributed by atoms with Crippen LogP contribution in [0, 0.1) is 0 Å². The summed E-state index contributed by atoms with van der Waals surface area (Å²) in [6.07, 6.45) is -5.23. The molecule has 0 aliphatic heterocycles. The first kappa shape index (κ1) is 15.6. The van der Waals surface area contributed by atoms with Crippen LogP contribution in [0.15, 0.2) is 12.1 Å². The SMILES string of the molecule is C[C@@](O)(Cc1cc(Cl)c(N)c(C(F)(F)F)c1)C(=O)O. The fourth-order valence-electron chi connectivity index (χ4n) is 1.48. The molecule has 4 nitrogen and oxygen atoms in total. The summed E-state index contributed by atoms with van der Waals surface area (Å²) >= 11 is 5.58. The Kier molecular flexibility index (Phi) is 4.02. The molecule has 0 bridgehead atoms. The van der Waals surface area contributed by atoms with Crippen LogP contribution in [-0.4, -0.2) is 21.8 Å². The van der Waals surface area contributed by atoms with E-state index >= 15 is 0 Å². The van der Waals surface area contributed by atoms with Crippen LogP contribution in [0.5, 0.6) is 0 Å². The monoisotopic (exact) mass is 297 g/mol. The molecule has 1 aromatic rings. The van der Waals surface area contributed by atoms with E-state index in [1.54, 1.807) is 0 Å². The zero-order valence-electron chi connectivity index (χ0n) is 9.75. The largest absolute Gasteiger partial charge is 0.479 e. The lowest BCUT2D eigenvalue weighted by Crippen LogP contribution is -2.37. The van der Waals surface area contributed by atoms with Gasteiger partial charge in [0.2, 0.25) is 0 Å². The molecule has 0 amide bonds. The van der Waals surface area contributed by atoms with Gasteiger partial charge < -0.3 is 15.9 Å². The molecule has 0 unspecified atom stereocenters. The Balaban J connectivity index is 3.26. The molecule has 0 spiro atoms. The number of carbonyl (C=O) groups is 1. The van der Waals surface area contributed by atoms with Crippen molar-refractivity contribution < 1.29 is 28.2 Å². The van der Waals surface area contributed by atoms with Gasteiger partial charge in [-0.1, -0.05) is 11.6 Å². The predicted octanol–water partition coefficient (Wildman–Crippen LogP) is 2.32. The third-order valence-electron chi connectivity index (χ3n) is 2.50. The molecular weight excluding hydrogens is 287 g/mol. The first-order valence-corrected chi connectivity index (χ1v) is 5.44. The van der Waals surface area contributed by atoms with Crippen molar-refractivity contribution in [3.63, 3.8) is 0 Å². The summed E-state index contributed by atoms with van der Waals surface area (Å²) in [6, 6.07) is 1.78. The van der Waals surface area contributed by atoms with E-state index in [9.17, 15) is 23.1 Å². The minimum Gasteiger partial charge on any atom is -0.479 e. The maximum Gasteiger partial charge on any atom is 0.418 e. The number of anilines is 1. The maximum atomic E-state index is 12.7. The Morgan fingerprint density at radius 3 is 2.37 bits per heavy atom. The highest BCUT2D eigenvalue weighted by molar-refractivity contribution is 6.33. The summed E-state index contributed by atoms with van der Waals surface area (Å²) in [5.41, 5.74) is 1.18. The number of aliphatic hydroxyl groups is 1. The Labute approximate surface area is 111 Å². The molecule has 1 aromatic carbocycles. The number of hydrogen-bond acceptors (Lipinski definition) is 3. The lowest BCUT2D eigenvalue weighted by Gasteiger charge is -2.19. The molecule has 1 rings (SSSR count). The normalized spacial score (nSPS) is 15.1. The number of carboxylic acid groups (broad SMARTS) is 1. The van der Waals surface area contributed by atoms with Crippen molar-refractivity contribution in [3.8, 4) is 0 Å². The molecule has 0 aliphatic carbocycles. The van der Waals surface area contributed by atoms with Gasteiger partial charge in [0.05, 0.1) is 16.3 Å². The number of hydrogen-bond donors (Lipinski definition) is 3. The van der Waals surface area contributed by atoms with Crippen molar-refractivity contribution in [2.24, 2.45) is 0 Å². The van der Waals surface area contributed by atoms with Crippen LogP contribution < -0.4 is 5.73 Å². The van der Waals surface area contributed by atoms with Gasteiger partial charge in [0.1, 0.15) is 0 Å². The smallest absolute Gasteiger partial charge is 0.418 e. The van der Waals surface area contributed by atoms with Gasteiger partial charge >= 0.3 is 12.1 Å². The molecule has 1 atom stereocenters.